The van der Waals surface area contributed by atoms with E-state index in [-0.39, 0.29) is 19.0 Å². The molecule has 0 saturated heterocycles. The van der Waals surface area contributed by atoms with Crippen molar-refractivity contribution in [2.45, 2.75) is 83.8 Å². The van der Waals surface area contributed by atoms with Gasteiger partial charge in [-0.3, -0.25) is 4.79 Å². The third-order valence-electron chi connectivity index (χ3n) is 4.04. The largest absolute Gasteiger partial charge is 0.461 e. The Morgan fingerprint density at radius 1 is 1.00 bits per heavy atom. The van der Waals surface area contributed by atoms with E-state index in [0.29, 0.717) is 6.42 Å². The molecule has 0 aliphatic carbocycles. The highest BCUT2D eigenvalue weighted by Gasteiger charge is 2.11. The van der Waals surface area contributed by atoms with Gasteiger partial charge in [-0.2, -0.15) is 0 Å². The molecule has 1 rings (SSSR count). The molecule has 0 aliphatic rings. The molecule has 0 unspecified atom stereocenters. The zero-order valence-corrected chi connectivity index (χ0v) is 14.5. The van der Waals surface area contributed by atoms with Crippen LogP contribution in [0.3, 0.4) is 0 Å². The molecule has 0 heterocycles. The lowest BCUT2D eigenvalue weighted by atomic mass is 10.0. The van der Waals surface area contributed by atoms with Crippen LogP contribution in [0.2, 0.25) is 0 Å². The minimum atomic E-state index is -0.571. The van der Waals surface area contributed by atoms with E-state index >= 15 is 0 Å². The summed E-state index contributed by atoms with van der Waals surface area (Å²) in [5, 5.41) is 9.89. The number of carbonyl (C=O) groups is 1. The predicted molar refractivity (Wildman–Crippen MR) is 94.1 cm³/mol. The van der Waals surface area contributed by atoms with Crippen molar-refractivity contribution in [2.75, 3.05) is 0 Å². The van der Waals surface area contributed by atoms with Gasteiger partial charge in [0.15, 0.2) is 0 Å². The van der Waals surface area contributed by atoms with Crippen LogP contribution in [0.15, 0.2) is 30.3 Å². The molecule has 1 atom stereocenters. The van der Waals surface area contributed by atoms with Gasteiger partial charge in [-0.25, -0.2) is 0 Å². The zero-order chi connectivity index (χ0) is 16.8. The average Bonchev–Trinajstić information content (AvgIpc) is 2.56. The monoisotopic (exact) mass is 320 g/mol. The summed E-state index contributed by atoms with van der Waals surface area (Å²) < 4.78 is 5.18. The molecule has 0 bridgehead atoms. The van der Waals surface area contributed by atoms with Crippen molar-refractivity contribution in [3.8, 4) is 0 Å². The maximum atomic E-state index is 11.7. The molecule has 1 N–H and O–H groups in total. The van der Waals surface area contributed by atoms with E-state index in [4.69, 9.17) is 4.74 Å². The Morgan fingerprint density at radius 3 is 2.26 bits per heavy atom. The van der Waals surface area contributed by atoms with Crippen molar-refractivity contribution in [3.63, 3.8) is 0 Å². The van der Waals surface area contributed by atoms with E-state index in [1.807, 2.05) is 30.3 Å². The highest BCUT2D eigenvalue weighted by molar-refractivity contribution is 5.69. The predicted octanol–water partition coefficient (Wildman–Crippen LogP) is 5.01. The van der Waals surface area contributed by atoms with Gasteiger partial charge >= 0.3 is 5.97 Å². The van der Waals surface area contributed by atoms with Crippen molar-refractivity contribution < 1.29 is 14.6 Å². The van der Waals surface area contributed by atoms with Crippen LogP contribution in [0, 0.1) is 0 Å². The molecule has 1 aromatic rings. The zero-order valence-electron chi connectivity index (χ0n) is 14.5. The highest BCUT2D eigenvalue weighted by atomic mass is 16.5. The molecule has 1 aromatic carbocycles. The lowest BCUT2D eigenvalue weighted by Gasteiger charge is -2.10. The van der Waals surface area contributed by atoms with Crippen molar-refractivity contribution in [1.82, 2.24) is 0 Å². The Kier molecular flexibility index (Phi) is 11.2. The van der Waals surface area contributed by atoms with Crippen molar-refractivity contribution in [3.05, 3.63) is 35.9 Å². The smallest absolute Gasteiger partial charge is 0.308 e. The van der Waals surface area contributed by atoms with Gasteiger partial charge in [-0.1, -0.05) is 88.6 Å². The number of hydrogen-bond acceptors (Lipinski definition) is 3. The standard InChI is InChI=1S/C20H32O3/c1-2-3-4-5-6-7-8-12-15-19(21)16-20(22)23-17-18-13-10-9-11-14-18/h9-11,13-14,19,21H,2-8,12,15-17H2,1H3/t19-/m0/s1. The summed E-state index contributed by atoms with van der Waals surface area (Å²) in [5.41, 5.74) is 0.971. The van der Waals surface area contributed by atoms with E-state index < -0.39 is 6.10 Å². The van der Waals surface area contributed by atoms with Crippen LogP contribution in [0.4, 0.5) is 0 Å². The molecule has 0 aromatic heterocycles. The first kappa shape index (κ1) is 19.7. The minimum absolute atomic E-state index is 0.101. The molecular weight excluding hydrogens is 288 g/mol. The fourth-order valence-corrected chi connectivity index (χ4v) is 2.61. The number of hydrogen-bond donors (Lipinski definition) is 1. The summed E-state index contributed by atoms with van der Waals surface area (Å²) in [6.07, 6.45) is 10.1. The Labute approximate surface area is 141 Å². The van der Waals surface area contributed by atoms with Gasteiger partial charge in [0.2, 0.25) is 0 Å². The second-order valence-electron chi connectivity index (χ2n) is 6.27. The molecule has 3 heteroatoms. The van der Waals surface area contributed by atoms with Gasteiger partial charge < -0.3 is 9.84 Å². The number of rotatable bonds is 13. The van der Waals surface area contributed by atoms with Gasteiger partial charge in [-0.05, 0) is 12.0 Å². The molecular formula is C20H32O3. The number of aliphatic hydroxyl groups is 1. The molecule has 0 aliphatic heterocycles. The van der Waals surface area contributed by atoms with Gasteiger partial charge in [0, 0.05) is 0 Å². The van der Waals surface area contributed by atoms with Crippen molar-refractivity contribution in [1.29, 1.82) is 0 Å². The number of aliphatic hydroxyl groups excluding tert-OH is 1. The van der Waals surface area contributed by atoms with Gasteiger partial charge in [-0.15, -0.1) is 0 Å². The molecule has 0 amide bonds. The Balaban J connectivity index is 1.98. The van der Waals surface area contributed by atoms with Crippen LogP contribution in [0.1, 0.15) is 76.7 Å². The fraction of sp³-hybridized carbons (Fsp3) is 0.650. The summed E-state index contributed by atoms with van der Waals surface area (Å²) in [5.74, 6) is -0.319. The van der Waals surface area contributed by atoms with E-state index in [0.717, 1.165) is 18.4 Å². The molecule has 0 radical (unpaired) electrons. The summed E-state index contributed by atoms with van der Waals surface area (Å²) in [6.45, 7) is 2.51. The first-order valence-corrected chi connectivity index (χ1v) is 9.10. The summed E-state index contributed by atoms with van der Waals surface area (Å²) >= 11 is 0. The maximum absolute atomic E-state index is 11.7. The maximum Gasteiger partial charge on any atom is 0.308 e. The van der Waals surface area contributed by atoms with Crippen LogP contribution in [0.5, 0.6) is 0 Å². The third kappa shape index (κ3) is 10.9. The van der Waals surface area contributed by atoms with Crippen LogP contribution in [0.25, 0.3) is 0 Å². The molecule has 0 saturated carbocycles. The Bertz CT molecular complexity index is 403. The molecule has 3 nitrogen and oxygen atoms in total. The van der Waals surface area contributed by atoms with E-state index in [1.165, 1.54) is 38.5 Å². The third-order valence-corrected chi connectivity index (χ3v) is 4.04. The lowest BCUT2D eigenvalue weighted by Crippen LogP contribution is -2.15. The first-order valence-electron chi connectivity index (χ1n) is 9.10. The normalized spacial score (nSPS) is 12.1. The summed E-state index contributed by atoms with van der Waals surface area (Å²) in [4.78, 5) is 11.7. The Morgan fingerprint density at radius 2 is 1.61 bits per heavy atom. The summed E-state index contributed by atoms with van der Waals surface area (Å²) in [7, 11) is 0. The highest BCUT2D eigenvalue weighted by Crippen LogP contribution is 2.12. The molecule has 130 valence electrons. The van der Waals surface area contributed by atoms with Crippen LogP contribution < -0.4 is 0 Å². The SMILES string of the molecule is CCCCCCCCCC[C@H](O)CC(=O)OCc1ccccc1. The van der Waals surface area contributed by atoms with Gasteiger partial charge in [0.05, 0.1) is 12.5 Å². The van der Waals surface area contributed by atoms with E-state index in [2.05, 4.69) is 6.92 Å². The minimum Gasteiger partial charge on any atom is -0.461 e. The second kappa shape index (κ2) is 13.1. The Hall–Kier alpha value is -1.35. The van der Waals surface area contributed by atoms with Crippen LogP contribution >= 0.6 is 0 Å². The van der Waals surface area contributed by atoms with Gasteiger partial charge in [0.1, 0.15) is 6.61 Å². The van der Waals surface area contributed by atoms with Gasteiger partial charge in [0.25, 0.3) is 0 Å². The summed E-state index contributed by atoms with van der Waals surface area (Å²) in [6, 6.07) is 9.61. The van der Waals surface area contributed by atoms with E-state index in [9.17, 15) is 9.90 Å². The number of unbranched alkanes of at least 4 members (excludes halogenated alkanes) is 7. The fourth-order valence-electron chi connectivity index (χ4n) is 2.61. The molecule has 0 fully saturated rings. The van der Waals surface area contributed by atoms with E-state index in [1.54, 1.807) is 0 Å². The van der Waals surface area contributed by atoms with Crippen LogP contribution in [-0.2, 0) is 16.1 Å². The number of benzene rings is 1. The van der Waals surface area contributed by atoms with Crippen molar-refractivity contribution in [2.24, 2.45) is 0 Å². The quantitative estimate of drug-likeness (QED) is 0.410. The molecule has 0 spiro atoms. The van der Waals surface area contributed by atoms with Crippen LogP contribution in [-0.4, -0.2) is 17.2 Å². The number of ether oxygens (including phenoxy) is 1. The number of carbonyl (C=O) groups excluding carboxylic acids is 1. The van der Waals surface area contributed by atoms with Crippen molar-refractivity contribution >= 4 is 5.97 Å². The second-order valence-corrected chi connectivity index (χ2v) is 6.27. The lowest BCUT2D eigenvalue weighted by molar-refractivity contribution is -0.147. The number of esters is 1. The first-order chi connectivity index (χ1) is 11.2. The average molecular weight is 320 g/mol. The molecule has 23 heavy (non-hydrogen) atoms. The topological polar surface area (TPSA) is 46.5 Å².